The molecule has 0 aromatic rings. The number of rotatable bonds is 10. The van der Waals surface area contributed by atoms with Gasteiger partial charge in [0.2, 0.25) is 0 Å². The largest absolute Gasteiger partial charge is 0.469 e. The maximum atomic E-state index is 11.0. The van der Waals surface area contributed by atoms with Gasteiger partial charge in [-0.05, 0) is 12.8 Å². The summed E-state index contributed by atoms with van der Waals surface area (Å²) in [6, 6.07) is 0. The highest BCUT2D eigenvalue weighted by molar-refractivity contribution is 5.69. The molecule has 0 heterocycles. The first-order valence-electron chi connectivity index (χ1n) is 9.74. The second-order valence-electron chi connectivity index (χ2n) is 7.05. The molecule has 148 valence electrons. The SMILES string of the molecule is CCCCCC(O)/C=C/[C@@H]1[C@H](CC#CCCCC(=O)OC)[C@@H](O)C[C@H]1O. The minimum atomic E-state index is -0.602. The smallest absolute Gasteiger partial charge is 0.305 e. The van der Waals surface area contributed by atoms with Crippen LogP contribution in [0.4, 0.5) is 0 Å². The minimum absolute atomic E-state index is 0.128. The Hall–Kier alpha value is -1.35. The lowest BCUT2D eigenvalue weighted by Crippen LogP contribution is -2.20. The quantitative estimate of drug-likeness (QED) is 0.239. The Balaban J connectivity index is 2.47. The first-order valence-corrected chi connectivity index (χ1v) is 9.74. The van der Waals surface area contributed by atoms with E-state index in [1.54, 1.807) is 6.08 Å². The predicted molar refractivity (Wildman–Crippen MR) is 101 cm³/mol. The molecule has 1 rings (SSSR count). The molecule has 1 fully saturated rings. The maximum Gasteiger partial charge on any atom is 0.305 e. The van der Waals surface area contributed by atoms with Gasteiger partial charge in [-0.2, -0.15) is 0 Å². The summed E-state index contributed by atoms with van der Waals surface area (Å²) in [6.07, 6.45) is 8.30. The van der Waals surface area contributed by atoms with Crippen LogP contribution >= 0.6 is 0 Å². The monoisotopic (exact) mass is 366 g/mol. The second kappa shape index (κ2) is 12.9. The average Bonchev–Trinajstić information content (AvgIpc) is 2.89. The second-order valence-corrected chi connectivity index (χ2v) is 7.05. The van der Waals surface area contributed by atoms with Gasteiger partial charge in [0.25, 0.3) is 0 Å². The third kappa shape index (κ3) is 8.35. The van der Waals surface area contributed by atoms with Gasteiger partial charge in [0, 0.05) is 37.5 Å². The zero-order valence-corrected chi connectivity index (χ0v) is 16.1. The van der Waals surface area contributed by atoms with E-state index < -0.39 is 18.3 Å². The highest BCUT2D eigenvalue weighted by Crippen LogP contribution is 2.35. The Bertz CT molecular complexity index is 490. The Kier molecular flexibility index (Phi) is 11.3. The number of hydrogen-bond donors (Lipinski definition) is 3. The molecule has 0 amide bonds. The number of hydrogen-bond acceptors (Lipinski definition) is 5. The summed E-state index contributed by atoms with van der Waals surface area (Å²) < 4.78 is 4.58. The Morgan fingerprint density at radius 3 is 2.69 bits per heavy atom. The van der Waals surface area contributed by atoms with Crippen LogP contribution in [0, 0.1) is 23.7 Å². The average molecular weight is 366 g/mol. The van der Waals surface area contributed by atoms with Crippen LogP contribution in [0.15, 0.2) is 12.2 Å². The summed E-state index contributed by atoms with van der Waals surface area (Å²) in [5, 5.41) is 30.4. The topological polar surface area (TPSA) is 87.0 Å². The summed E-state index contributed by atoms with van der Waals surface area (Å²) >= 11 is 0. The predicted octanol–water partition coefficient (Wildman–Crippen LogP) is 2.58. The standard InChI is InChI=1S/C21H34O5/c1-3-4-7-10-16(22)13-14-18-17(19(23)15-20(18)24)11-8-5-6-9-12-21(25)26-2/h13-14,16-20,22-24H,3-4,6-7,9-12,15H2,1-2H3/b14-13+/t16?,17-,18+,19-,20+/m0/s1. The van der Waals surface area contributed by atoms with Gasteiger partial charge >= 0.3 is 5.97 Å². The molecule has 0 aromatic carbocycles. The highest BCUT2D eigenvalue weighted by Gasteiger charge is 2.39. The van der Waals surface area contributed by atoms with E-state index in [1.807, 2.05) is 6.08 Å². The fourth-order valence-corrected chi connectivity index (χ4v) is 3.32. The molecule has 3 N–H and O–H groups in total. The van der Waals surface area contributed by atoms with Crippen molar-refractivity contribution in [2.45, 2.75) is 83.0 Å². The molecule has 0 aliphatic heterocycles. The van der Waals surface area contributed by atoms with Crippen LogP contribution in [0.25, 0.3) is 0 Å². The van der Waals surface area contributed by atoms with Gasteiger partial charge in [-0.3, -0.25) is 4.79 Å². The molecule has 1 aliphatic rings. The van der Waals surface area contributed by atoms with E-state index in [-0.39, 0.29) is 17.8 Å². The maximum absolute atomic E-state index is 11.0. The van der Waals surface area contributed by atoms with Crippen molar-refractivity contribution < 1.29 is 24.9 Å². The molecule has 5 nitrogen and oxygen atoms in total. The molecule has 0 saturated heterocycles. The number of ether oxygens (including phenoxy) is 1. The van der Waals surface area contributed by atoms with Crippen LogP contribution in [0.2, 0.25) is 0 Å². The van der Waals surface area contributed by atoms with Crippen molar-refractivity contribution in [1.29, 1.82) is 0 Å². The minimum Gasteiger partial charge on any atom is -0.469 e. The normalized spacial score (nSPS) is 26.5. The van der Waals surface area contributed by atoms with Gasteiger partial charge in [0.05, 0.1) is 25.4 Å². The first-order chi connectivity index (χ1) is 12.5. The number of esters is 1. The fraction of sp³-hybridized carbons (Fsp3) is 0.762. The summed E-state index contributed by atoms with van der Waals surface area (Å²) in [5.41, 5.74) is 0. The summed E-state index contributed by atoms with van der Waals surface area (Å²) in [4.78, 5) is 11.0. The van der Waals surface area contributed by atoms with Crippen molar-refractivity contribution >= 4 is 5.97 Å². The summed E-state index contributed by atoms with van der Waals surface area (Å²) in [7, 11) is 1.37. The van der Waals surface area contributed by atoms with E-state index in [4.69, 9.17) is 0 Å². The van der Waals surface area contributed by atoms with E-state index in [0.717, 1.165) is 25.7 Å². The van der Waals surface area contributed by atoms with Crippen LogP contribution < -0.4 is 0 Å². The van der Waals surface area contributed by atoms with E-state index in [9.17, 15) is 20.1 Å². The highest BCUT2D eigenvalue weighted by atomic mass is 16.5. The Labute approximate surface area is 157 Å². The number of carbonyl (C=O) groups excluding carboxylic acids is 1. The van der Waals surface area contributed by atoms with Gasteiger partial charge in [0.15, 0.2) is 0 Å². The zero-order chi connectivity index (χ0) is 19.4. The number of aliphatic hydroxyl groups excluding tert-OH is 3. The van der Waals surface area contributed by atoms with E-state index in [1.165, 1.54) is 7.11 Å². The van der Waals surface area contributed by atoms with Gasteiger partial charge in [-0.25, -0.2) is 0 Å². The Morgan fingerprint density at radius 1 is 1.23 bits per heavy atom. The molecule has 26 heavy (non-hydrogen) atoms. The van der Waals surface area contributed by atoms with Crippen LogP contribution in [0.5, 0.6) is 0 Å². The molecule has 1 aliphatic carbocycles. The first kappa shape index (κ1) is 22.7. The van der Waals surface area contributed by atoms with Crippen molar-refractivity contribution in [3.8, 4) is 11.8 Å². The van der Waals surface area contributed by atoms with Crippen LogP contribution in [-0.2, 0) is 9.53 Å². The van der Waals surface area contributed by atoms with Gasteiger partial charge < -0.3 is 20.1 Å². The van der Waals surface area contributed by atoms with Gasteiger partial charge in [-0.15, -0.1) is 11.8 Å². The van der Waals surface area contributed by atoms with Crippen molar-refractivity contribution in [1.82, 2.24) is 0 Å². The fourth-order valence-electron chi connectivity index (χ4n) is 3.32. The van der Waals surface area contributed by atoms with Gasteiger partial charge in [-0.1, -0.05) is 38.3 Å². The van der Waals surface area contributed by atoms with Crippen molar-refractivity contribution in [3.05, 3.63) is 12.2 Å². The van der Waals surface area contributed by atoms with Crippen molar-refractivity contribution in [3.63, 3.8) is 0 Å². The van der Waals surface area contributed by atoms with E-state index in [0.29, 0.717) is 32.1 Å². The van der Waals surface area contributed by atoms with Gasteiger partial charge in [0.1, 0.15) is 0 Å². The molecule has 0 bridgehead atoms. The van der Waals surface area contributed by atoms with Crippen LogP contribution in [-0.4, -0.2) is 46.7 Å². The molecule has 1 saturated carbocycles. The lowest BCUT2D eigenvalue weighted by Gasteiger charge is -2.18. The Morgan fingerprint density at radius 2 is 2.00 bits per heavy atom. The third-order valence-electron chi connectivity index (χ3n) is 4.95. The van der Waals surface area contributed by atoms with Crippen molar-refractivity contribution in [2.75, 3.05) is 7.11 Å². The summed E-state index contributed by atoms with van der Waals surface area (Å²) in [6.45, 7) is 2.12. The van der Waals surface area contributed by atoms with E-state index >= 15 is 0 Å². The lowest BCUT2D eigenvalue weighted by molar-refractivity contribution is -0.140. The molecule has 1 unspecified atom stereocenters. The van der Waals surface area contributed by atoms with E-state index in [2.05, 4.69) is 23.5 Å². The molecule has 0 aromatic heterocycles. The lowest BCUT2D eigenvalue weighted by atomic mass is 9.90. The molecule has 5 atom stereocenters. The molecule has 5 heteroatoms. The number of aliphatic hydroxyl groups is 3. The molecule has 0 radical (unpaired) electrons. The number of methoxy groups -OCH3 is 1. The summed E-state index contributed by atoms with van der Waals surface area (Å²) in [5.74, 6) is 5.54. The molecular weight excluding hydrogens is 332 g/mol. The zero-order valence-electron chi connectivity index (χ0n) is 16.1. The third-order valence-corrected chi connectivity index (χ3v) is 4.95. The number of carbonyl (C=O) groups is 1. The van der Waals surface area contributed by atoms with Crippen molar-refractivity contribution in [2.24, 2.45) is 11.8 Å². The molecular formula is C21H34O5. The number of unbranched alkanes of at least 4 members (excludes halogenated alkanes) is 3. The molecule has 0 spiro atoms. The van der Waals surface area contributed by atoms with Crippen LogP contribution in [0.3, 0.4) is 0 Å². The van der Waals surface area contributed by atoms with Crippen LogP contribution in [0.1, 0.15) is 64.7 Å².